The Hall–Kier alpha value is -1.88. The van der Waals surface area contributed by atoms with Gasteiger partial charge in [-0.15, -0.1) is 0 Å². The predicted molar refractivity (Wildman–Crippen MR) is 55.7 cm³/mol. The summed E-state index contributed by atoms with van der Waals surface area (Å²) in [5, 5.41) is 0. The zero-order valence-electron chi connectivity index (χ0n) is 8.38. The second-order valence-electron chi connectivity index (χ2n) is 3.10. The summed E-state index contributed by atoms with van der Waals surface area (Å²) in [6, 6.07) is 0. The molecule has 2 aromatic rings. The van der Waals surface area contributed by atoms with Gasteiger partial charge in [0.05, 0.1) is 6.20 Å². The van der Waals surface area contributed by atoms with Gasteiger partial charge in [-0.25, -0.2) is 15.0 Å². The van der Waals surface area contributed by atoms with Crippen molar-refractivity contribution in [2.45, 2.75) is 13.5 Å². The molecule has 0 saturated carbocycles. The molecule has 0 aliphatic rings. The van der Waals surface area contributed by atoms with E-state index in [-0.39, 0.29) is 0 Å². The average Bonchev–Trinajstić information content (AvgIpc) is 2.30. The number of rotatable bonds is 2. The Kier molecular flexibility index (Phi) is 2.64. The van der Waals surface area contributed by atoms with E-state index >= 15 is 0 Å². The summed E-state index contributed by atoms with van der Waals surface area (Å²) in [7, 11) is 0. The Bertz CT molecular complexity index is 455. The lowest BCUT2D eigenvalue weighted by Gasteiger charge is -2.03. The Morgan fingerprint density at radius 1 is 1.20 bits per heavy atom. The molecule has 2 N–H and O–H groups in total. The third kappa shape index (κ3) is 1.97. The maximum absolute atomic E-state index is 5.53. The van der Waals surface area contributed by atoms with Gasteiger partial charge >= 0.3 is 0 Å². The van der Waals surface area contributed by atoms with E-state index in [1.54, 1.807) is 24.8 Å². The van der Waals surface area contributed by atoms with Crippen molar-refractivity contribution < 1.29 is 0 Å². The van der Waals surface area contributed by atoms with Gasteiger partial charge < -0.3 is 5.73 Å². The minimum atomic E-state index is 0.451. The number of aryl methyl sites for hydroxylation is 1. The van der Waals surface area contributed by atoms with Gasteiger partial charge in [0.2, 0.25) is 0 Å². The van der Waals surface area contributed by atoms with E-state index < -0.39 is 0 Å². The molecule has 0 atom stereocenters. The number of hydrogen-bond acceptors (Lipinski definition) is 5. The topological polar surface area (TPSA) is 77.6 Å². The van der Waals surface area contributed by atoms with E-state index in [0.29, 0.717) is 18.1 Å². The van der Waals surface area contributed by atoms with Crippen LogP contribution in [0.4, 0.5) is 0 Å². The highest BCUT2D eigenvalue weighted by atomic mass is 14.9. The molecular weight excluding hydrogens is 190 g/mol. The van der Waals surface area contributed by atoms with Gasteiger partial charge in [-0.1, -0.05) is 0 Å². The molecule has 0 radical (unpaired) electrons. The summed E-state index contributed by atoms with van der Waals surface area (Å²) in [5.41, 5.74) is 8.03. The van der Waals surface area contributed by atoms with E-state index in [4.69, 9.17) is 5.73 Å². The van der Waals surface area contributed by atoms with Crippen molar-refractivity contribution >= 4 is 0 Å². The molecule has 2 rings (SSSR count). The SMILES string of the molecule is Cc1nc(-c2cnccn2)ncc1CN. The first-order valence-corrected chi connectivity index (χ1v) is 4.60. The fourth-order valence-electron chi connectivity index (χ4n) is 1.23. The van der Waals surface area contributed by atoms with Crippen LogP contribution in [0.3, 0.4) is 0 Å². The third-order valence-electron chi connectivity index (χ3n) is 2.09. The first-order chi connectivity index (χ1) is 7.31. The first-order valence-electron chi connectivity index (χ1n) is 4.60. The molecule has 0 spiro atoms. The van der Waals surface area contributed by atoms with Gasteiger partial charge in [-0.05, 0) is 6.92 Å². The van der Waals surface area contributed by atoms with Gasteiger partial charge in [-0.2, -0.15) is 0 Å². The van der Waals surface area contributed by atoms with Crippen molar-refractivity contribution in [3.8, 4) is 11.5 Å². The summed E-state index contributed by atoms with van der Waals surface area (Å²) in [6.45, 7) is 2.36. The monoisotopic (exact) mass is 201 g/mol. The Morgan fingerprint density at radius 2 is 2.07 bits per heavy atom. The highest BCUT2D eigenvalue weighted by molar-refractivity contribution is 5.47. The number of nitrogens with zero attached hydrogens (tertiary/aromatic N) is 4. The number of aromatic nitrogens is 4. The van der Waals surface area contributed by atoms with Crippen LogP contribution in [0.25, 0.3) is 11.5 Å². The number of nitrogens with two attached hydrogens (primary N) is 1. The van der Waals surface area contributed by atoms with Crippen molar-refractivity contribution in [3.63, 3.8) is 0 Å². The molecule has 0 unspecified atom stereocenters. The molecule has 0 fully saturated rings. The molecule has 0 saturated heterocycles. The summed E-state index contributed by atoms with van der Waals surface area (Å²) in [6.07, 6.45) is 6.60. The van der Waals surface area contributed by atoms with Crippen LogP contribution < -0.4 is 5.73 Å². The lowest BCUT2D eigenvalue weighted by molar-refractivity contribution is 0.966. The minimum Gasteiger partial charge on any atom is -0.326 e. The van der Waals surface area contributed by atoms with Gasteiger partial charge in [0.15, 0.2) is 5.82 Å². The van der Waals surface area contributed by atoms with Crippen LogP contribution in [0, 0.1) is 6.92 Å². The van der Waals surface area contributed by atoms with Crippen molar-refractivity contribution in [3.05, 3.63) is 36.0 Å². The molecule has 2 heterocycles. The van der Waals surface area contributed by atoms with E-state index in [2.05, 4.69) is 19.9 Å². The van der Waals surface area contributed by atoms with Gasteiger partial charge in [0.1, 0.15) is 5.69 Å². The molecule has 15 heavy (non-hydrogen) atoms. The standard InChI is InChI=1S/C10H11N5/c1-7-8(4-11)5-14-10(15-7)9-6-12-2-3-13-9/h2-3,5-6H,4,11H2,1H3. The Labute approximate surface area is 87.4 Å². The van der Waals surface area contributed by atoms with Gasteiger partial charge in [-0.3, -0.25) is 4.98 Å². The van der Waals surface area contributed by atoms with Gasteiger partial charge in [0, 0.05) is 36.4 Å². The predicted octanol–water partition coefficient (Wildman–Crippen LogP) is 0.701. The quantitative estimate of drug-likeness (QED) is 0.773. The maximum Gasteiger partial charge on any atom is 0.179 e. The molecule has 0 aliphatic carbocycles. The summed E-state index contributed by atoms with van der Waals surface area (Å²) in [5.74, 6) is 0.581. The molecule has 76 valence electrons. The van der Waals surface area contributed by atoms with Crippen LogP contribution in [-0.2, 0) is 6.54 Å². The lowest BCUT2D eigenvalue weighted by Crippen LogP contribution is -2.03. The van der Waals surface area contributed by atoms with Crippen LogP contribution >= 0.6 is 0 Å². The second-order valence-corrected chi connectivity index (χ2v) is 3.10. The van der Waals surface area contributed by atoms with Crippen LogP contribution in [0.15, 0.2) is 24.8 Å². The molecular formula is C10H11N5. The minimum absolute atomic E-state index is 0.451. The zero-order valence-corrected chi connectivity index (χ0v) is 8.38. The molecule has 0 amide bonds. The smallest absolute Gasteiger partial charge is 0.179 e. The lowest BCUT2D eigenvalue weighted by atomic mass is 10.2. The fraction of sp³-hybridized carbons (Fsp3) is 0.200. The molecule has 0 aliphatic heterocycles. The largest absolute Gasteiger partial charge is 0.326 e. The van der Waals surface area contributed by atoms with Crippen molar-refractivity contribution in [2.75, 3.05) is 0 Å². The summed E-state index contributed by atoms with van der Waals surface area (Å²) >= 11 is 0. The molecule has 5 heteroatoms. The summed E-state index contributed by atoms with van der Waals surface area (Å²) < 4.78 is 0. The Balaban J connectivity index is 2.43. The van der Waals surface area contributed by atoms with E-state index in [9.17, 15) is 0 Å². The average molecular weight is 201 g/mol. The summed E-state index contributed by atoms with van der Waals surface area (Å²) in [4.78, 5) is 16.6. The van der Waals surface area contributed by atoms with Crippen molar-refractivity contribution in [1.82, 2.24) is 19.9 Å². The molecule has 5 nitrogen and oxygen atoms in total. The fourth-order valence-corrected chi connectivity index (χ4v) is 1.23. The molecule has 2 aromatic heterocycles. The highest BCUT2D eigenvalue weighted by Crippen LogP contribution is 2.11. The van der Waals surface area contributed by atoms with E-state index in [0.717, 1.165) is 11.3 Å². The van der Waals surface area contributed by atoms with Crippen molar-refractivity contribution in [2.24, 2.45) is 5.73 Å². The highest BCUT2D eigenvalue weighted by Gasteiger charge is 2.05. The van der Waals surface area contributed by atoms with E-state index in [1.807, 2.05) is 6.92 Å². The maximum atomic E-state index is 5.53. The van der Waals surface area contributed by atoms with Crippen LogP contribution in [0.1, 0.15) is 11.3 Å². The van der Waals surface area contributed by atoms with Crippen LogP contribution in [0.5, 0.6) is 0 Å². The third-order valence-corrected chi connectivity index (χ3v) is 2.09. The zero-order chi connectivity index (χ0) is 10.7. The van der Waals surface area contributed by atoms with Crippen LogP contribution in [-0.4, -0.2) is 19.9 Å². The second kappa shape index (κ2) is 4.10. The molecule has 0 bridgehead atoms. The number of hydrogen-bond donors (Lipinski definition) is 1. The van der Waals surface area contributed by atoms with Crippen LogP contribution in [0.2, 0.25) is 0 Å². The van der Waals surface area contributed by atoms with E-state index in [1.165, 1.54) is 0 Å². The Morgan fingerprint density at radius 3 is 2.67 bits per heavy atom. The molecule has 0 aromatic carbocycles. The van der Waals surface area contributed by atoms with Gasteiger partial charge in [0.25, 0.3) is 0 Å². The normalized spacial score (nSPS) is 10.3. The first kappa shape index (κ1) is 9.67. The van der Waals surface area contributed by atoms with Crippen molar-refractivity contribution in [1.29, 1.82) is 0 Å².